The summed E-state index contributed by atoms with van der Waals surface area (Å²) in [5, 5.41) is 3.16. The van der Waals surface area contributed by atoms with Crippen molar-refractivity contribution >= 4 is 0 Å². The molecule has 1 radical (unpaired) electrons. The number of hydrogen-bond acceptors (Lipinski definition) is 1. The molecule has 1 N–H and O–H groups in total. The van der Waals surface area contributed by atoms with Crippen LogP contribution in [-0.2, 0) is 32.7 Å². The third-order valence-electron chi connectivity index (χ3n) is 1.34. The van der Waals surface area contributed by atoms with Crippen LogP contribution in [-0.4, -0.2) is 12.6 Å². The molecule has 0 aromatic carbocycles. The van der Waals surface area contributed by atoms with E-state index in [9.17, 15) is 0 Å². The molecule has 0 aromatic heterocycles. The monoisotopic (exact) mass is 216 g/mol. The second-order valence-corrected chi connectivity index (χ2v) is 2.29. The standard InChI is InChI=1S/C8H17N.Y/c1-4-6-7-8(3)9-5-2;/h8-9H,2-7H2,1H3;/q-2;. The van der Waals surface area contributed by atoms with Crippen molar-refractivity contribution in [2.45, 2.75) is 32.2 Å². The van der Waals surface area contributed by atoms with Gasteiger partial charge in [-0.1, -0.05) is 26.2 Å². The van der Waals surface area contributed by atoms with Crippen LogP contribution in [0.25, 0.3) is 0 Å². The van der Waals surface area contributed by atoms with Crippen LogP contribution in [0.3, 0.4) is 0 Å². The Morgan fingerprint density at radius 2 is 2.10 bits per heavy atom. The Morgan fingerprint density at radius 3 is 2.50 bits per heavy atom. The molecule has 10 heavy (non-hydrogen) atoms. The van der Waals surface area contributed by atoms with Gasteiger partial charge in [-0.25, -0.2) is 0 Å². The van der Waals surface area contributed by atoms with E-state index in [1.807, 2.05) is 0 Å². The van der Waals surface area contributed by atoms with Crippen LogP contribution in [0.5, 0.6) is 0 Å². The maximum absolute atomic E-state index is 3.91. The molecular formula is C8H17NY-2. The number of unbranched alkanes of at least 4 members (excludes halogenated alkanes) is 1. The molecule has 1 nitrogen and oxygen atoms in total. The predicted octanol–water partition coefficient (Wildman–Crippen LogP) is 1.80. The van der Waals surface area contributed by atoms with E-state index in [4.69, 9.17) is 0 Å². The maximum atomic E-state index is 3.91. The molecule has 2 heteroatoms. The van der Waals surface area contributed by atoms with Gasteiger partial charge in [0.1, 0.15) is 0 Å². The summed E-state index contributed by atoms with van der Waals surface area (Å²) in [7, 11) is 0. The molecule has 0 aromatic rings. The SMILES string of the molecule is [CH2-]CNC([CH2-])CCCC.[Y]. The number of rotatable bonds is 5. The fourth-order valence-corrected chi connectivity index (χ4v) is 0.757. The summed E-state index contributed by atoms with van der Waals surface area (Å²) in [5.41, 5.74) is 0. The third-order valence-corrected chi connectivity index (χ3v) is 1.34. The van der Waals surface area contributed by atoms with Crippen LogP contribution in [0.15, 0.2) is 0 Å². The molecule has 0 bridgehead atoms. The molecule has 0 amide bonds. The molecule has 0 spiro atoms. The predicted molar refractivity (Wildman–Crippen MR) is 42.0 cm³/mol. The van der Waals surface area contributed by atoms with Crippen molar-refractivity contribution in [1.29, 1.82) is 0 Å². The van der Waals surface area contributed by atoms with Crippen LogP contribution >= 0.6 is 0 Å². The molecule has 1 atom stereocenters. The largest absolute Gasteiger partial charge is 0.373 e. The molecule has 1 unspecified atom stereocenters. The van der Waals surface area contributed by atoms with E-state index in [1.165, 1.54) is 19.3 Å². The van der Waals surface area contributed by atoms with Gasteiger partial charge < -0.3 is 19.2 Å². The first kappa shape index (κ1) is 13.6. The normalized spacial score (nSPS) is 12.3. The van der Waals surface area contributed by atoms with Gasteiger partial charge in [0.25, 0.3) is 0 Å². The molecule has 0 saturated carbocycles. The topological polar surface area (TPSA) is 12.0 Å². The van der Waals surface area contributed by atoms with Gasteiger partial charge in [0.15, 0.2) is 0 Å². The first-order chi connectivity index (χ1) is 4.31. The van der Waals surface area contributed by atoms with Crippen molar-refractivity contribution in [1.82, 2.24) is 5.32 Å². The van der Waals surface area contributed by atoms with E-state index in [0.717, 1.165) is 6.54 Å². The smallest absolute Gasteiger partial charge is 0 e. The molecule has 59 valence electrons. The van der Waals surface area contributed by atoms with E-state index >= 15 is 0 Å². The fraction of sp³-hybridized carbons (Fsp3) is 0.750. The summed E-state index contributed by atoms with van der Waals surface area (Å²) in [5.74, 6) is 0. The Morgan fingerprint density at radius 1 is 1.50 bits per heavy atom. The average molecular weight is 216 g/mol. The zero-order chi connectivity index (χ0) is 7.11. The Balaban J connectivity index is 0. The van der Waals surface area contributed by atoms with Crippen molar-refractivity contribution in [3.8, 4) is 0 Å². The minimum Gasteiger partial charge on any atom is -0.373 e. The van der Waals surface area contributed by atoms with E-state index < -0.39 is 0 Å². The fourth-order valence-electron chi connectivity index (χ4n) is 0.757. The quantitative estimate of drug-likeness (QED) is 0.691. The van der Waals surface area contributed by atoms with Crippen molar-refractivity contribution < 1.29 is 32.7 Å². The van der Waals surface area contributed by atoms with Gasteiger partial charge in [-0.3, -0.25) is 0 Å². The second kappa shape index (κ2) is 10.1. The van der Waals surface area contributed by atoms with E-state index in [-0.39, 0.29) is 32.7 Å². The summed E-state index contributed by atoms with van der Waals surface area (Å²) >= 11 is 0. The first-order valence-corrected chi connectivity index (χ1v) is 3.67. The Bertz CT molecular complexity index is 57.2. The van der Waals surface area contributed by atoms with Crippen LogP contribution in [0.1, 0.15) is 26.2 Å². The minimum absolute atomic E-state index is 0. The van der Waals surface area contributed by atoms with Crippen LogP contribution < -0.4 is 5.32 Å². The zero-order valence-corrected chi connectivity index (χ0v) is 9.74. The Labute approximate surface area is 90.2 Å². The molecule has 0 aliphatic carbocycles. The van der Waals surface area contributed by atoms with Gasteiger partial charge in [0.05, 0.1) is 0 Å². The van der Waals surface area contributed by atoms with Gasteiger partial charge in [-0.05, 0) is 0 Å². The van der Waals surface area contributed by atoms with Crippen LogP contribution in [0.2, 0.25) is 0 Å². The molecule has 0 aliphatic rings. The van der Waals surface area contributed by atoms with E-state index in [1.54, 1.807) is 0 Å². The molecular weight excluding hydrogens is 199 g/mol. The molecule has 0 fully saturated rings. The molecule has 0 saturated heterocycles. The average Bonchev–Trinajstić information content (AvgIpc) is 1.85. The van der Waals surface area contributed by atoms with Gasteiger partial charge in [-0.15, -0.1) is 12.6 Å². The van der Waals surface area contributed by atoms with Gasteiger partial charge in [0.2, 0.25) is 0 Å². The van der Waals surface area contributed by atoms with Gasteiger partial charge in [0, 0.05) is 32.7 Å². The number of nitrogens with one attached hydrogen (secondary N) is 1. The van der Waals surface area contributed by atoms with Gasteiger partial charge >= 0.3 is 0 Å². The van der Waals surface area contributed by atoms with E-state index in [0.29, 0.717) is 6.04 Å². The Kier molecular flexibility index (Phi) is 13.7. The van der Waals surface area contributed by atoms with E-state index in [2.05, 4.69) is 26.1 Å². The summed E-state index contributed by atoms with van der Waals surface area (Å²) in [4.78, 5) is 0. The van der Waals surface area contributed by atoms with Gasteiger partial charge in [-0.2, -0.15) is 0 Å². The summed E-state index contributed by atoms with van der Waals surface area (Å²) in [6, 6.07) is 0.405. The van der Waals surface area contributed by atoms with Crippen molar-refractivity contribution in [3.63, 3.8) is 0 Å². The van der Waals surface area contributed by atoms with Crippen LogP contribution in [0.4, 0.5) is 0 Å². The first-order valence-electron chi connectivity index (χ1n) is 3.67. The summed E-state index contributed by atoms with van der Waals surface area (Å²) < 4.78 is 0. The maximum Gasteiger partial charge on any atom is 0 e. The molecule has 0 rings (SSSR count). The third kappa shape index (κ3) is 9.06. The zero-order valence-electron chi connectivity index (χ0n) is 6.90. The summed E-state index contributed by atoms with van der Waals surface area (Å²) in [6.45, 7) is 10.6. The van der Waals surface area contributed by atoms with Crippen molar-refractivity contribution in [3.05, 3.63) is 13.8 Å². The minimum atomic E-state index is 0. The van der Waals surface area contributed by atoms with Crippen molar-refractivity contribution in [2.24, 2.45) is 0 Å². The van der Waals surface area contributed by atoms with Crippen molar-refractivity contribution in [2.75, 3.05) is 6.54 Å². The molecule has 0 heterocycles. The van der Waals surface area contributed by atoms with Crippen LogP contribution in [0, 0.1) is 13.8 Å². The summed E-state index contributed by atoms with van der Waals surface area (Å²) in [6.07, 6.45) is 3.69. The number of hydrogen-bond donors (Lipinski definition) is 1. The molecule has 0 aliphatic heterocycles. The second-order valence-electron chi connectivity index (χ2n) is 2.29. The Hall–Kier alpha value is 1.06.